The van der Waals surface area contributed by atoms with Crippen molar-refractivity contribution in [1.82, 2.24) is 9.78 Å². The van der Waals surface area contributed by atoms with Gasteiger partial charge in [-0.1, -0.05) is 6.07 Å². The summed E-state index contributed by atoms with van der Waals surface area (Å²) in [5.41, 5.74) is 1.12. The van der Waals surface area contributed by atoms with Crippen LogP contribution >= 0.6 is 17.0 Å². The number of fused-ring (bicyclic) bond motifs is 1. The van der Waals surface area contributed by atoms with Crippen molar-refractivity contribution in [3.8, 4) is 5.69 Å². The number of nitrogens with zero attached hydrogens (tertiary/aromatic N) is 2. The van der Waals surface area contributed by atoms with E-state index in [4.69, 9.17) is 17.0 Å². The molecule has 0 N–H and O–H groups in total. The number of hydrogen-bond donors (Lipinski definition) is 0. The van der Waals surface area contributed by atoms with Crippen LogP contribution in [0, 0.1) is 0 Å². The van der Waals surface area contributed by atoms with E-state index in [1.54, 1.807) is 6.20 Å². The fourth-order valence-electron chi connectivity index (χ4n) is 2.01. The molecule has 110 valence electrons. The monoisotopic (exact) mass is 406 g/mol. The van der Waals surface area contributed by atoms with E-state index >= 15 is 0 Å². The van der Waals surface area contributed by atoms with E-state index in [1.165, 1.54) is 10.8 Å². The molecule has 4 aromatic rings. The van der Waals surface area contributed by atoms with E-state index in [0.29, 0.717) is 0 Å². The van der Waals surface area contributed by atoms with Crippen molar-refractivity contribution in [2.24, 2.45) is 0 Å². The summed E-state index contributed by atoms with van der Waals surface area (Å²) < 4.78 is 1.88. The Morgan fingerprint density at radius 2 is 1.73 bits per heavy atom. The Balaban J connectivity index is 0.000000184. The van der Waals surface area contributed by atoms with Gasteiger partial charge >= 0.3 is 37.9 Å². The molecule has 0 aliphatic carbocycles. The van der Waals surface area contributed by atoms with Gasteiger partial charge in [-0.15, -0.1) is 41.1 Å². The second-order valence-electron chi connectivity index (χ2n) is 4.33. The Kier molecular flexibility index (Phi) is 7.66. The Labute approximate surface area is 148 Å². The number of rotatable bonds is 1. The quantitative estimate of drug-likeness (QED) is 0.379. The SMILES string of the molecule is [Cl][Zr+2][Cl].c1cc[cH-]c1.c1ccc2[cH-]c(-n3cccn3)cc2c1. The zero-order chi connectivity index (χ0) is 15.6. The maximum atomic E-state index is 4.93. The van der Waals surface area contributed by atoms with E-state index < -0.39 is 20.8 Å². The van der Waals surface area contributed by atoms with Crippen LogP contribution in [0.25, 0.3) is 16.5 Å². The summed E-state index contributed by atoms with van der Waals surface area (Å²) in [7, 11) is 9.87. The molecule has 2 nitrogen and oxygen atoms in total. The molecule has 3 aromatic carbocycles. The van der Waals surface area contributed by atoms with Crippen molar-refractivity contribution < 1.29 is 20.8 Å². The minimum atomic E-state index is -0.826. The van der Waals surface area contributed by atoms with Gasteiger partial charge in [0, 0.05) is 12.4 Å². The van der Waals surface area contributed by atoms with Gasteiger partial charge in [-0.05, 0) is 11.8 Å². The average Bonchev–Trinajstić information content (AvgIpc) is 3.29. The molecule has 1 heterocycles. The van der Waals surface area contributed by atoms with Crippen molar-refractivity contribution in [3.63, 3.8) is 0 Å². The predicted octanol–water partition coefficient (Wildman–Crippen LogP) is 5.53. The van der Waals surface area contributed by atoms with Crippen molar-refractivity contribution >= 4 is 27.8 Å². The summed E-state index contributed by atoms with van der Waals surface area (Å²) >= 11 is -0.826. The third kappa shape index (κ3) is 5.24. The van der Waals surface area contributed by atoms with Crippen LogP contribution in [0.3, 0.4) is 0 Å². The summed E-state index contributed by atoms with van der Waals surface area (Å²) in [5, 5.41) is 6.72. The topological polar surface area (TPSA) is 17.8 Å². The van der Waals surface area contributed by atoms with Gasteiger partial charge in [-0.25, -0.2) is 12.1 Å². The van der Waals surface area contributed by atoms with Crippen LogP contribution in [0.15, 0.2) is 85.2 Å². The van der Waals surface area contributed by atoms with Crippen LogP contribution < -0.4 is 0 Å². The van der Waals surface area contributed by atoms with Gasteiger partial charge in [-0.3, -0.25) is 4.68 Å². The third-order valence-corrected chi connectivity index (χ3v) is 2.93. The third-order valence-electron chi connectivity index (χ3n) is 2.93. The van der Waals surface area contributed by atoms with Gasteiger partial charge < -0.3 is 0 Å². The number of aromatic nitrogens is 2. The number of halogens is 2. The molecule has 0 bridgehead atoms. The minimum Gasteiger partial charge on any atom is -0.260 e. The Hall–Kier alpha value is -1.15. The first-order valence-corrected chi connectivity index (χ1v) is 13.0. The molecule has 5 heteroatoms. The molecular formula is C17H14Cl2N2Zr. The van der Waals surface area contributed by atoms with Gasteiger partial charge in [0.25, 0.3) is 0 Å². The molecule has 0 atom stereocenters. The van der Waals surface area contributed by atoms with Crippen molar-refractivity contribution in [3.05, 3.63) is 85.2 Å². The molecule has 0 saturated carbocycles. The van der Waals surface area contributed by atoms with E-state index in [1.807, 2.05) is 47.3 Å². The standard InChI is InChI=1S/C12H9N2.C5H5.2ClH.Zr/c1-2-5-11-9-12(8-10(11)4-1)14-7-3-6-13-14;1-2-4-5-3-1;;;/h1-9H;1-5H;2*1H;/q2*-1;;;+4/p-2. The molecule has 0 aliphatic heterocycles. The van der Waals surface area contributed by atoms with Crippen LogP contribution in [0.1, 0.15) is 0 Å². The van der Waals surface area contributed by atoms with Crippen LogP contribution in [0.2, 0.25) is 0 Å². The van der Waals surface area contributed by atoms with E-state index in [-0.39, 0.29) is 0 Å². The van der Waals surface area contributed by atoms with Crippen LogP contribution in [-0.4, -0.2) is 9.78 Å². The molecule has 0 radical (unpaired) electrons. The summed E-state index contributed by atoms with van der Waals surface area (Å²) in [5.74, 6) is 0. The van der Waals surface area contributed by atoms with Crippen LogP contribution in [0.5, 0.6) is 0 Å². The molecule has 0 aliphatic rings. The zero-order valence-electron chi connectivity index (χ0n) is 11.7. The first-order chi connectivity index (χ1) is 10.8. The van der Waals surface area contributed by atoms with Crippen LogP contribution in [0.4, 0.5) is 0 Å². The maximum Gasteiger partial charge on any atom is 0.0493 e. The zero-order valence-corrected chi connectivity index (χ0v) is 15.7. The van der Waals surface area contributed by atoms with Crippen molar-refractivity contribution in [2.75, 3.05) is 0 Å². The molecule has 4 rings (SSSR count). The van der Waals surface area contributed by atoms with Crippen molar-refractivity contribution in [1.29, 1.82) is 0 Å². The smallest absolute Gasteiger partial charge is 0.0493 e. The van der Waals surface area contributed by atoms with Crippen molar-refractivity contribution in [2.45, 2.75) is 0 Å². The van der Waals surface area contributed by atoms with E-state index in [2.05, 4.69) is 41.5 Å². The van der Waals surface area contributed by atoms with Gasteiger partial charge in [0.2, 0.25) is 0 Å². The molecule has 0 saturated heterocycles. The van der Waals surface area contributed by atoms with Gasteiger partial charge in [-0.2, -0.15) is 23.3 Å². The molecule has 1 aromatic heterocycles. The molecule has 0 amide bonds. The minimum absolute atomic E-state index is 0.826. The summed E-state index contributed by atoms with van der Waals surface area (Å²) in [4.78, 5) is 0. The Morgan fingerprint density at radius 3 is 2.27 bits per heavy atom. The van der Waals surface area contributed by atoms with Gasteiger partial charge in [0.15, 0.2) is 0 Å². The largest absolute Gasteiger partial charge is 0.260 e. The first kappa shape index (κ1) is 17.2. The fraction of sp³-hybridized carbons (Fsp3) is 0. The molecule has 0 unspecified atom stereocenters. The summed E-state index contributed by atoms with van der Waals surface area (Å²) in [6.45, 7) is 0. The molecular weight excluding hydrogens is 394 g/mol. The Bertz CT molecular complexity index is 696. The second kappa shape index (κ2) is 9.79. The second-order valence-corrected chi connectivity index (χ2v) is 8.06. The first-order valence-electron chi connectivity index (χ1n) is 6.63. The fourth-order valence-corrected chi connectivity index (χ4v) is 2.01. The molecule has 22 heavy (non-hydrogen) atoms. The molecule has 0 fully saturated rings. The summed E-state index contributed by atoms with van der Waals surface area (Å²) in [6.07, 6.45) is 3.74. The number of hydrogen-bond acceptors (Lipinski definition) is 1. The van der Waals surface area contributed by atoms with E-state index in [0.717, 1.165) is 5.69 Å². The Morgan fingerprint density at radius 1 is 1.00 bits per heavy atom. The van der Waals surface area contributed by atoms with E-state index in [9.17, 15) is 0 Å². The number of benzene rings is 1. The average molecular weight is 408 g/mol. The predicted molar refractivity (Wildman–Crippen MR) is 90.4 cm³/mol. The normalized spacial score (nSPS) is 9.18. The maximum absolute atomic E-state index is 4.93. The molecule has 0 spiro atoms. The van der Waals surface area contributed by atoms with Crippen LogP contribution in [-0.2, 0) is 20.8 Å². The van der Waals surface area contributed by atoms with Gasteiger partial charge in [0.1, 0.15) is 0 Å². The van der Waals surface area contributed by atoms with Gasteiger partial charge in [0.05, 0.1) is 0 Å². The summed E-state index contributed by atoms with van der Waals surface area (Å²) in [6, 6.07) is 24.5.